The topological polar surface area (TPSA) is 42.7 Å². The van der Waals surface area contributed by atoms with Gasteiger partial charge in [-0.05, 0) is 52.7 Å². The Balaban J connectivity index is 1.75. The van der Waals surface area contributed by atoms with Crippen LogP contribution in [0.15, 0.2) is 22.8 Å². The number of ether oxygens (including phenoxy) is 1. The molecule has 1 aliphatic heterocycles. The van der Waals surface area contributed by atoms with Crippen molar-refractivity contribution in [3.05, 3.63) is 24.2 Å². The van der Waals surface area contributed by atoms with E-state index in [4.69, 9.17) is 9.15 Å². The number of Topliss-reactive ketones (excluding diaryl/α,β-unsaturated/α-hetero) is 1. The Hall–Kier alpha value is -1.13. The number of rotatable bonds is 5. The molecule has 1 aromatic rings. The molecule has 116 valence electrons. The Morgan fingerprint density at radius 1 is 1.29 bits per heavy atom. The zero-order valence-electron chi connectivity index (χ0n) is 13.4. The Kier molecular flexibility index (Phi) is 3.49. The van der Waals surface area contributed by atoms with Crippen LogP contribution in [0.3, 0.4) is 0 Å². The van der Waals surface area contributed by atoms with E-state index in [-0.39, 0.29) is 11.7 Å². The summed E-state index contributed by atoms with van der Waals surface area (Å²) in [6.07, 6.45) is 4.13. The lowest BCUT2D eigenvalue weighted by atomic mass is 9.85. The van der Waals surface area contributed by atoms with Crippen LogP contribution in [0.25, 0.3) is 0 Å². The molecule has 0 N–H and O–H groups in total. The summed E-state index contributed by atoms with van der Waals surface area (Å²) in [5, 5.41) is 0. The van der Waals surface area contributed by atoms with Gasteiger partial charge in [-0.3, -0.25) is 9.69 Å². The highest BCUT2D eigenvalue weighted by atomic mass is 16.5. The third-order valence-electron chi connectivity index (χ3n) is 4.69. The second-order valence-electron chi connectivity index (χ2n) is 7.37. The van der Waals surface area contributed by atoms with Gasteiger partial charge in [0.05, 0.1) is 24.3 Å². The second-order valence-corrected chi connectivity index (χ2v) is 7.37. The maximum absolute atomic E-state index is 12.6. The van der Waals surface area contributed by atoms with Crippen molar-refractivity contribution in [1.82, 2.24) is 4.90 Å². The van der Waals surface area contributed by atoms with Crippen LogP contribution in [-0.4, -0.2) is 34.5 Å². The molecule has 1 saturated heterocycles. The number of nitrogens with zero attached hydrogens (tertiary/aromatic N) is 1. The first kappa shape index (κ1) is 14.8. The zero-order chi connectivity index (χ0) is 15.3. The summed E-state index contributed by atoms with van der Waals surface area (Å²) in [5.74, 6) is 1.10. The lowest BCUT2D eigenvalue weighted by Gasteiger charge is -2.30. The Morgan fingerprint density at radius 2 is 2.00 bits per heavy atom. The molecular weight excluding hydrogens is 266 g/mol. The zero-order valence-corrected chi connectivity index (χ0v) is 13.4. The quantitative estimate of drug-likeness (QED) is 0.836. The molecule has 21 heavy (non-hydrogen) atoms. The van der Waals surface area contributed by atoms with Gasteiger partial charge in [-0.25, -0.2) is 0 Å². The van der Waals surface area contributed by atoms with E-state index in [2.05, 4.69) is 4.90 Å². The fourth-order valence-corrected chi connectivity index (χ4v) is 3.44. The van der Waals surface area contributed by atoms with Crippen LogP contribution in [0.1, 0.15) is 46.3 Å². The van der Waals surface area contributed by atoms with E-state index in [1.807, 2.05) is 39.8 Å². The van der Waals surface area contributed by atoms with Gasteiger partial charge in [0, 0.05) is 12.6 Å². The average Bonchev–Trinajstić information content (AvgIpc) is 3.06. The maximum atomic E-state index is 12.6. The van der Waals surface area contributed by atoms with Gasteiger partial charge in [0.1, 0.15) is 11.4 Å². The minimum atomic E-state index is -0.673. The summed E-state index contributed by atoms with van der Waals surface area (Å²) in [7, 11) is 0. The maximum Gasteiger partial charge on any atom is 0.171 e. The molecule has 4 heteroatoms. The molecule has 1 aliphatic carbocycles. The van der Waals surface area contributed by atoms with E-state index in [0.29, 0.717) is 6.04 Å². The molecule has 3 rings (SSSR count). The van der Waals surface area contributed by atoms with E-state index in [0.717, 1.165) is 18.8 Å². The monoisotopic (exact) mass is 291 g/mol. The molecule has 2 fully saturated rings. The Bertz CT molecular complexity index is 514. The number of carbonyl (C=O) groups is 1. The van der Waals surface area contributed by atoms with Crippen molar-refractivity contribution in [1.29, 1.82) is 0 Å². The third-order valence-corrected chi connectivity index (χ3v) is 4.69. The Labute approximate surface area is 126 Å². The summed E-state index contributed by atoms with van der Waals surface area (Å²) < 4.78 is 11.5. The molecule has 0 bridgehead atoms. The largest absolute Gasteiger partial charge is 0.468 e. The van der Waals surface area contributed by atoms with Crippen LogP contribution < -0.4 is 0 Å². The van der Waals surface area contributed by atoms with Crippen molar-refractivity contribution in [3.8, 4) is 0 Å². The van der Waals surface area contributed by atoms with Crippen LogP contribution in [-0.2, 0) is 16.1 Å². The standard InChI is InChI=1S/C17H25NO3/c1-16(2)14(15(19)17(3,4)21-16)11-18(12-7-8-12)10-13-6-5-9-20-13/h5-6,9,12,14H,7-8,10-11H2,1-4H3. The fourth-order valence-electron chi connectivity index (χ4n) is 3.44. The predicted octanol–water partition coefficient (Wildman–Crippen LogP) is 3.02. The molecule has 0 amide bonds. The minimum absolute atomic E-state index is 0.0805. The summed E-state index contributed by atoms with van der Waals surface area (Å²) >= 11 is 0. The average molecular weight is 291 g/mol. The molecule has 1 atom stereocenters. The molecule has 0 radical (unpaired) electrons. The van der Waals surface area contributed by atoms with Gasteiger partial charge in [0.2, 0.25) is 0 Å². The molecular formula is C17H25NO3. The highest BCUT2D eigenvalue weighted by Crippen LogP contribution is 2.41. The number of furan rings is 1. The van der Waals surface area contributed by atoms with Crippen molar-refractivity contribution in [3.63, 3.8) is 0 Å². The number of ketones is 1. The molecule has 2 aliphatic rings. The van der Waals surface area contributed by atoms with E-state index in [9.17, 15) is 4.79 Å². The minimum Gasteiger partial charge on any atom is -0.468 e. The van der Waals surface area contributed by atoms with Crippen LogP contribution in [0.5, 0.6) is 0 Å². The first-order chi connectivity index (χ1) is 9.79. The first-order valence-corrected chi connectivity index (χ1v) is 7.80. The van der Waals surface area contributed by atoms with Crippen LogP contribution in [0.4, 0.5) is 0 Å². The van der Waals surface area contributed by atoms with Gasteiger partial charge >= 0.3 is 0 Å². The molecule has 1 aromatic heterocycles. The van der Waals surface area contributed by atoms with Crippen LogP contribution in [0, 0.1) is 5.92 Å². The van der Waals surface area contributed by atoms with Gasteiger partial charge in [-0.2, -0.15) is 0 Å². The SMILES string of the molecule is CC1(C)OC(C)(C)C(CN(Cc2ccco2)C2CC2)C1=O. The van der Waals surface area contributed by atoms with Gasteiger partial charge in [-0.15, -0.1) is 0 Å². The molecule has 0 spiro atoms. The van der Waals surface area contributed by atoms with E-state index >= 15 is 0 Å². The number of carbonyl (C=O) groups excluding carboxylic acids is 1. The number of hydrogen-bond donors (Lipinski definition) is 0. The number of hydrogen-bond acceptors (Lipinski definition) is 4. The van der Waals surface area contributed by atoms with E-state index in [1.54, 1.807) is 6.26 Å². The lowest BCUT2D eigenvalue weighted by molar-refractivity contribution is -0.132. The normalized spacial score (nSPS) is 27.5. The van der Waals surface area contributed by atoms with Crippen molar-refractivity contribution >= 4 is 5.78 Å². The summed E-state index contributed by atoms with van der Waals surface area (Å²) in [4.78, 5) is 15.0. The van der Waals surface area contributed by atoms with Crippen molar-refractivity contribution in [2.24, 2.45) is 5.92 Å². The van der Waals surface area contributed by atoms with Crippen LogP contribution in [0.2, 0.25) is 0 Å². The fraction of sp³-hybridized carbons (Fsp3) is 0.706. The van der Waals surface area contributed by atoms with Gasteiger partial charge in [0.25, 0.3) is 0 Å². The van der Waals surface area contributed by atoms with Gasteiger partial charge in [0.15, 0.2) is 5.78 Å². The van der Waals surface area contributed by atoms with E-state index in [1.165, 1.54) is 12.8 Å². The summed E-state index contributed by atoms with van der Waals surface area (Å²) in [6.45, 7) is 9.35. The van der Waals surface area contributed by atoms with Crippen molar-refractivity contribution in [2.45, 2.75) is 64.3 Å². The molecule has 1 unspecified atom stereocenters. The van der Waals surface area contributed by atoms with Gasteiger partial charge < -0.3 is 9.15 Å². The second kappa shape index (κ2) is 4.96. The third kappa shape index (κ3) is 2.92. The molecule has 2 heterocycles. The lowest BCUT2D eigenvalue weighted by Crippen LogP contribution is -2.41. The smallest absolute Gasteiger partial charge is 0.171 e. The predicted molar refractivity (Wildman–Crippen MR) is 79.9 cm³/mol. The highest BCUT2D eigenvalue weighted by Gasteiger charge is 2.54. The molecule has 0 aromatic carbocycles. The first-order valence-electron chi connectivity index (χ1n) is 7.80. The van der Waals surface area contributed by atoms with Crippen molar-refractivity contribution < 1.29 is 13.9 Å². The Morgan fingerprint density at radius 3 is 2.48 bits per heavy atom. The van der Waals surface area contributed by atoms with E-state index < -0.39 is 11.2 Å². The molecule has 1 saturated carbocycles. The highest BCUT2D eigenvalue weighted by molar-refractivity contribution is 5.91. The van der Waals surface area contributed by atoms with Crippen molar-refractivity contribution in [2.75, 3.05) is 6.54 Å². The summed E-state index contributed by atoms with van der Waals surface area (Å²) in [5.41, 5.74) is -1.08. The summed E-state index contributed by atoms with van der Waals surface area (Å²) in [6, 6.07) is 4.50. The van der Waals surface area contributed by atoms with Gasteiger partial charge in [-0.1, -0.05) is 0 Å². The van der Waals surface area contributed by atoms with Crippen LogP contribution >= 0.6 is 0 Å². The molecule has 4 nitrogen and oxygen atoms in total.